The monoisotopic (exact) mass is 255 g/mol. The summed E-state index contributed by atoms with van der Waals surface area (Å²) in [6, 6.07) is 0.0349. The Morgan fingerprint density at radius 1 is 1.41 bits per heavy atom. The second-order valence-corrected chi connectivity index (χ2v) is 5.37. The van der Waals surface area contributed by atoms with Crippen molar-refractivity contribution in [2.24, 2.45) is 5.41 Å². The quantitative estimate of drug-likeness (QED) is 0.840. The summed E-state index contributed by atoms with van der Waals surface area (Å²) in [4.78, 5) is 19.6. The van der Waals surface area contributed by atoms with E-state index in [9.17, 15) is 4.79 Å². The molecule has 1 N–H and O–H groups in total. The van der Waals surface area contributed by atoms with E-state index in [0.29, 0.717) is 11.4 Å². The normalized spacial score (nSPS) is 13.2. The van der Waals surface area contributed by atoms with Gasteiger partial charge in [-0.1, -0.05) is 20.8 Å². The van der Waals surface area contributed by atoms with Gasteiger partial charge in [0.2, 0.25) is 0 Å². The van der Waals surface area contributed by atoms with E-state index in [2.05, 4.69) is 36.1 Å². The lowest BCUT2D eigenvalue weighted by Crippen LogP contribution is -2.44. The number of carbonyl (C=O) groups is 1. The topological polar surface area (TPSA) is 54.9 Å². The summed E-state index contributed by atoms with van der Waals surface area (Å²) in [6.07, 6.45) is 5.15. The zero-order valence-electron chi connectivity index (χ0n) is 10.4. The number of rotatable bonds is 4. The molecular weight excluding hydrogens is 238 g/mol. The third-order valence-corrected chi connectivity index (χ3v) is 2.79. The molecule has 0 aliphatic carbocycles. The number of alkyl halides is 1. The molecule has 0 fully saturated rings. The largest absolute Gasteiger partial charge is 0.349 e. The Bertz CT molecular complexity index is 362. The van der Waals surface area contributed by atoms with Gasteiger partial charge in [-0.05, 0) is 11.8 Å². The number of aromatic nitrogens is 2. The van der Waals surface area contributed by atoms with E-state index in [1.807, 2.05) is 0 Å². The van der Waals surface area contributed by atoms with Crippen molar-refractivity contribution < 1.29 is 4.79 Å². The van der Waals surface area contributed by atoms with Gasteiger partial charge in [0.25, 0.3) is 5.91 Å². The van der Waals surface area contributed by atoms with E-state index in [-0.39, 0.29) is 17.4 Å². The van der Waals surface area contributed by atoms with Crippen LogP contribution >= 0.6 is 11.6 Å². The second-order valence-electron chi connectivity index (χ2n) is 5.00. The van der Waals surface area contributed by atoms with E-state index in [1.165, 1.54) is 18.7 Å². The fraction of sp³-hybridized carbons (Fsp3) is 0.583. The molecule has 1 rings (SSSR count). The van der Waals surface area contributed by atoms with Crippen molar-refractivity contribution in [1.82, 2.24) is 15.3 Å². The molecule has 4 nitrogen and oxygen atoms in total. The smallest absolute Gasteiger partial charge is 0.254 e. The van der Waals surface area contributed by atoms with Crippen LogP contribution in [0.15, 0.2) is 18.7 Å². The molecule has 1 aromatic rings. The zero-order chi connectivity index (χ0) is 12.9. The Balaban J connectivity index is 2.71. The molecule has 0 saturated carbocycles. The molecular formula is C12H18ClN3O. The minimum Gasteiger partial charge on any atom is -0.349 e. The van der Waals surface area contributed by atoms with Crippen molar-refractivity contribution in [1.29, 1.82) is 0 Å². The van der Waals surface area contributed by atoms with E-state index in [1.54, 1.807) is 0 Å². The summed E-state index contributed by atoms with van der Waals surface area (Å²) in [5.41, 5.74) is 0.441. The molecule has 5 heteroatoms. The minimum atomic E-state index is -0.157. The molecule has 1 amide bonds. The number of carbonyl (C=O) groups excluding carboxylic acids is 1. The van der Waals surface area contributed by atoms with Gasteiger partial charge in [0, 0.05) is 24.3 Å². The van der Waals surface area contributed by atoms with Gasteiger partial charge >= 0.3 is 0 Å². The van der Waals surface area contributed by atoms with Crippen LogP contribution in [0.3, 0.4) is 0 Å². The molecule has 17 heavy (non-hydrogen) atoms. The second kappa shape index (κ2) is 5.96. The van der Waals surface area contributed by atoms with Gasteiger partial charge in [0.1, 0.15) is 6.33 Å². The van der Waals surface area contributed by atoms with E-state index < -0.39 is 0 Å². The Morgan fingerprint density at radius 3 is 2.47 bits per heavy atom. The Labute approximate surface area is 107 Å². The number of hydrogen-bond donors (Lipinski definition) is 1. The predicted molar refractivity (Wildman–Crippen MR) is 68.1 cm³/mol. The average molecular weight is 256 g/mol. The van der Waals surface area contributed by atoms with Gasteiger partial charge in [0.15, 0.2) is 0 Å². The highest BCUT2D eigenvalue weighted by molar-refractivity contribution is 6.17. The molecule has 0 aromatic carbocycles. The maximum absolute atomic E-state index is 11.9. The molecule has 94 valence electrons. The Morgan fingerprint density at radius 2 is 2.00 bits per heavy atom. The summed E-state index contributed by atoms with van der Waals surface area (Å²) >= 11 is 5.76. The van der Waals surface area contributed by atoms with Crippen molar-refractivity contribution in [3.8, 4) is 0 Å². The van der Waals surface area contributed by atoms with Crippen molar-refractivity contribution in [2.45, 2.75) is 33.2 Å². The molecule has 0 bridgehead atoms. The van der Waals surface area contributed by atoms with Crippen LogP contribution in [0.2, 0.25) is 0 Å². The molecule has 0 saturated heterocycles. The lowest BCUT2D eigenvalue weighted by molar-refractivity contribution is 0.0899. The van der Waals surface area contributed by atoms with Crippen LogP contribution in [0.5, 0.6) is 0 Å². The third kappa shape index (κ3) is 4.30. The van der Waals surface area contributed by atoms with Crippen LogP contribution in [-0.2, 0) is 0 Å². The molecule has 0 aliphatic rings. The van der Waals surface area contributed by atoms with Crippen molar-refractivity contribution in [3.63, 3.8) is 0 Å². The van der Waals surface area contributed by atoms with Gasteiger partial charge < -0.3 is 5.32 Å². The fourth-order valence-corrected chi connectivity index (χ4v) is 1.71. The number of halogens is 1. The number of amides is 1. The lowest BCUT2D eigenvalue weighted by Gasteiger charge is -2.31. The summed E-state index contributed by atoms with van der Waals surface area (Å²) in [5, 5.41) is 2.97. The Kier molecular flexibility index (Phi) is 4.87. The first-order chi connectivity index (χ1) is 7.95. The molecule has 1 heterocycles. The first kappa shape index (κ1) is 13.9. The summed E-state index contributed by atoms with van der Waals surface area (Å²) in [6.45, 7) is 6.23. The zero-order valence-corrected chi connectivity index (χ0v) is 11.2. The molecule has 1 atom stereocenters. The van der Waals surface area contributed by atoms with Gasteiger partial charge in [-0.15, -0.1) is 11.6 Å². The molecule has 0 radical (unpaired) electrons. The molecule has 0 spiro atoms. The van der Waals surface area contributed by atoms with E-state index >= 15 is 0 Å². The van der Waals surface area contributed by atoms with Crippen LogP contribution in [0.1, 0.15) is 37.6 Å². The summed E-state index contributed by atoms with van der Waals surface area (Å²) in [7, 11) is 0. The summed E-state index contributed by atoms with van der Waals surface area (Å²) in [5.74, 6) is 0.365. The molecule has 0 aliphatic heterocycles. The highest BCUT2D eigenvalue weighted by atomic mass is 35.5. The highest BCUT2D eigenvalue weighted by Gasteiger charge is 2.26. The molecule has 1 aromatic heterocycles. The lowest BCUT2D eigenvalue weighted by atomic mass is 9.85. The predicted octanol–water partition coefficient (Wildman–Crippen LogP) is 2.25. The van der Waals surface area contributed by atoms with Crippen molar-refractivity contribution in [3.05, 3.63) is 24.3 Å². The van der Waals surface area contributed by atoms with Crippen molar-refractivity contribution in [2.75, 3.05) is 5.88 Å². The standard InChI is InChI=1S/C12H18ClN3O/c1-12(2,3)10(4-5-13)16-11(17)9-6-14-8-15-7-9/h6-8,10H,4-5H2,1-3H3,(H,16,17). The van der Waals surface area contributed by atoms with Crippen LogP contribution in [0.25, 0.3) is 0 Å². The van der Waals surface area contributed by atoms with E-state index in [0.717, 1.165) is 6.42 Å². The van der Waals surface area contributed by atoms with Gasteiger partial charge in [0.05, 0.1) is 5.56 Å². The Hall–Kier alpha value is -1.16. The van der Waals surface area contributed by atoms with Crippen LogP contribution in [0, 0.1) is 5.41 Å². The first-order valence-corrected chi connectivity index (χ1v) is 6.10. The third-order valence-electron chi connectivity index (χ3n) is 2.57. The van der Waals surface area contributed by atoms with E-state index in [4.69, 9.17) is 11.6 Å². The maximum Gasteiger partial charge on any atom is 0.254 e. The minimum absolute atomic E-state index is 0.0276. The van der Waals surface area contributed by atoms with Crippen molar-refractivity contribution >= 4 is 17.5 Å². The van der Waals surface area contributed by atoms with Gasteiger partial charge in [-0.2, -0.15) is 0 Å². The van der Waals surface area contributed by atoms with Gasteiger partial charge in [-0.25, -0.2) is 9.97 Å². The van der Waals surface area contributed by atoms with Crippen LogP contribution < -0.4 is 5.32 Å². The highest BCUT2D eigenvalue weighted by Crippen LogP contribution is 2.22. The number of nitrogens with zero attached hydrogens (tertiary/aromatic N) is 2. The van der Waals surface area contributed by atoms with Gasteiger partial charge in [-0.3, -0.25) is 4.79 Å². The first-order valence-electron chi connectivity index (χ1n) is 5.57. The summed E-state index contributed by atoms with van der Waals surface area (Å²) < 4.78 is 0. The number of nitrogens with one attached hydrogen (secondary N) is 1. The SMILES string of the molecule is CC(C)(C)C(CCCl)NC(=O)c1cncnc1. The number of hydrogen-bond acceptors (Lipinski definition) is 3. The average Bonchev–Trinajstić information content (AvgIpc) is 2.28. The van der Waals surface area contributed by atoms with Crippen LogP contribution in [0.4, 0.5) is 0 Å². The maximum atomic E-state index is 11.9. The van der Waals surface area contributed by atoms with Crippen LogP contribution in [-0.4, -0.2) is 27.8 Å². The fourth-order valence-electron chi connectivity index (χ4n) is 1.49. The molecule has 1 unspecified atom stereocenters.